The largest absolute Gasteiger partial charge is 0.478 e. The Morgan fingerprint density at radius 2 is 1.95 bits per heavy atom. The number of aromatic nitrogens is 2. The number of carboxylic acids is 2. The number of nitrogen functional groups attached to an aromatic ring is 1. The Labute approximate surface area is 220 Å². The topological polar surface area (TPSA) is 201 Å². The molecule has 0 saturated carbocycles. The molecule has 3 aliphatic heterocycles. The number of β-lactam (4-membered cyclic amide) rings is 1. The van der Waals surface area contributed by atoms with Crippen molar-refractivity contribution in [2.75, 3.05) is 31.1 Å². The van der Waals surface area contributed by atoms with Crippen molar-refractivity contribution in [1.82, 2.24) is 24.5 Å². The van der Waals surface area contributed by atoms with E-state index in [0.717, 1.165) is 43.9 Å². The van der Waals surface area contributed by atoms with E-state index in [4.69, 9.17) is 10.6 Å². The summed E-state index contributed by atoms with van der Waals surface area (Å²) >= 11 is 2.16. The van der Waals surface area contributed by atoms with Crippen LogP contribution >= 0.6 is 23.3 Å². The van der Waals surface area contributed by atoms with E-state index in [1.807, 2.05) is 0 Å². The second kappa shape index (κ2) is 10.6. The van der Waals surface area contributed by atoms with E-state index < -0.39 is 46.5 Å². The van der Waals surface area contributed by atoms with Gasteiger partial charge in [0.2, 0.25) is 17.1 Å². The monoisotopic (exact) mass is 553 g/mol. The molecule has 4 rings (SSSR count). The number of nitrogens with one attached hydrogen (secondary N) is 1. The van der Waals surface area contributed by atoms with Crippen LogP contribution in [0.3, 0.4) is 0 Å². The summed E-state index contributed by atoms with van der Waals surface area (Å²) in [7, 11) is 0. The molecule has 3 aliphatic rings. The van der Waals surface area contributed by atoms with Gasteiger partial charge < -0.3 is 26.1 Å². The van der Waals surface area contributed by atoms with Crippen LogP contribution in [0.5, 0.6) is 0 Å². The van der Waals surface area contributed by atoms with E-state index in [1.54, 1.807) is 0 Å². The molecule has 2 fully saturated rings. The molecular formula is C21H27N7O7S2. The van der Waals surface area contributed by atoms with Gasteiger partial charge in [-0.1, -0.05) is 11.6 Å². The fourth-order valence-corrected chi connectivity index (χ4v) is 5.89. The van der Waals surface area contributed by atoms with Crippen molar-refractivity contribution in [1.29, 1.82) is 0 Å². The highest BCUT2D eigenvalue weighted by atomic mass is 32.2. The van der Waals surface area contributed by atoms with Gasteiger partial charge in [0.15, 0.2) is 5.13 Å². The number of carboxylic acid groups (broad SMARTS) is 2. The molecule has 37 heavy (non-hydrogen) atoms. The lowest BCUT2D eigenvalue weighted by atomic mass is 10.0. The number of thioether (sulfide) groups is 1. The molecule has 2 saturated heterocycles. The normalized spacial score (nSPS) is 22.8. The summed E-state index contributed by atoms with van der Waals surface area (Å²) in [5.41, 5.74) is 4.01. The predicted octanol–water partition coefficient (Wildman–Crippen LogP) is -0.0713. The first-order valence-corrected chi connectivity index (χ1v) is 13.3. The SMILES string of the molecule is CC(C)(O/N=C(\C(=O)N[C@@H]1C(=O)N2C(C(=O)O)=C(CN3CCCCC3)CS[C@H]12)c1nsc(N)n1)C(=O)O. The molecule has 0 radical (unpaired) electrons. The molecule has 0 spiro atoms. The number of carbonyl (C=O) groups excluding carboxylic acids is 2. The van der Waals surface area contributed by atoms with E-state index in [2.05, 4.69) is 24.7 Å². The molecule has 1 aromatic rings. The zero-order valence-corrected chi connectivity index (χ0v) is 21.8. The highest BCUT2D eigenvalue weighted by molar-refractivity contribution is 8.00. The highest BCUT2D eigenvalue weighted by Crippen LogP contribution is 2.40. The number of hydrogen-bond donors (Lipinski definition) is 4. The summed E-state index contributed by atoms with van der Waals surface area (Å²) in [5, 5.41) is 24.8. The average Bonchev–Trinajstić information content (AvgIpc) is 3.28. The number of aliphatic carboxylic acids is 2. The third-order valence-corrected chi connectivity index (χ3v) is 8.03. The minimum Gasteiger partial charge on any atom is -0.478 e. The summed E-state index contributed by atoms with van der Waals surface area (Å²) < 4.78 is 3.93. The molecule has 200 valence electrons. The van der Waals surface area contributed by atoms with Crippen molar-refractivity contribution >= 4 is 57.9 Å². The van der Waals surface area contributed by atoms with Crippen molar-refractivity contribution in [3.63, 3.8) is 0 Å². The van der Waals surface area contributed by atoms with Gasteiger partial charge in [-0.25, -0.2) is 9.59 Å². The maximum Gasteiger partial charge on any atom is 0.352 e. The molecule has 0 bridgehead atoms. The Kier molecular flexibility index (Phi) is 7.70. The molecule has 0 aliphatic carbocycles. The number of fused-ring (bicyclic) bond motifs is 1. The van der Waals surface area contributed by atoms with Crippen molar-refractivity contribution in [3.05, 3.63) is 17.1 Å². The lowest BCUT2D eigenvalue weighted by molar-refractivity contribution is -0.161. The van der Waals surface area contributed by atoms with Gasteiger partial charge in [-0.2, -0.15) is 9.36 Å². The van der Waals surface area contributed by atoms with Crippen LogP contribution in [-0.4, -0.2) is 101 Å². The Morgan fingerprint density at radius 1 is 1.24 bits per heavy atom. The number of piperidine rings is 1. The number of amides is 2. The Morgan fingerprint density at radius 3 is 2.54 bits per heavy atom. The standard InChI is InChI=1S/C21H27N7O7S2/c1-21(2,19(33)34)35-25-11(14-24-20(22)37-26-14)15(29)23-12-16(30)28-13(18(31)32)10(9-36-17(12)28)8-27-6-4-3-5-7-27/h12,17H,3-9H2,1-2H3,(H,23,29)(H,31,32)(H,33,34)(H2,22,24,26)/b25-11-/t12-,17-/m1/s1. The second-order valence-electron chi connectivity index (χ2n) is 9.26. The first-order chi connectivity index (χ1) is 17.5. The third-order valence-electron chi connectivity index (χ3n) is 6.15. The van der Waals surface area contributed by atoms with E-state index in [0.29, 0.717) is 17.9 Å². The number of anilines is 1. The van der Waals surface area contributed by atoms with Crippen molar-refractivity contribution in [3.8, 4) is 0 Å². The van der Waals surface area contributed by atoms with Gasteiger partial charge in [-0.15, -0.1) is 11.8 Å². The molecule has 2 amide bonds. The first kappa shape index (κ1) is 26.8. The molecule has 2 atom stereocenters. The fraction of sp³-hybridized carbons (Fsp3) is 0.571. The summed E-state index contributed by atoms with van der Waals surface area (Å²) in [4.78, 5) is 62.0. The van der Waals surface area contributed by atoms with E-state index in [9.17, 15) is 29.4 Å². The molecule has 0 unspecified atom stereocenters. The summed E-state index contributed by atoms with van der Waals surface area (Å²) in [5.74, 6) is -3.77. The third kappa shape index (κ3) is 5.55. The van der Waals surface area contributed by atoms with Crippen LogP contribution in [0, 0.1) is 0 Å². The van der Waals surface area contributed by atoms with Gasteiger partial charge in [0.05, 0.1) is 0 Å². The molecule has 1 aromatic heterocycles. The molecule has 4 heterocycles. The van der Waals surface area contributed by atoms with Crippen LogP contribution in [-0.2, 0) is 24.0 Å². The quantitative estimate of drug-likeness (QED) is 0.180. The average molecular weight is 554 g/mol. The number of carbonyl (C=O) groups is 4. The number of oxime groups is 1. The van der Waals surface area contributed by atoms with Crippen LogP contribution < -0.4 is 11.1 Å². The van der Waals surface area contributed by atoms with E-state index >= 15 is 0 Å². The van der Waals surface area contributed by atoms with E-state index in [-0.39, 0.29) is 16.7 Å². The van der Waals surface area contributed by atoms with Crippen LogP contribution in [0.4, 0.5) is 5.13 Å². The van der Waals surface area contributed by atoms with Gasteiger partial charge in [-0.05, 0) is 45.4 Å². The lowest BCUT2D eigenvalue weighted by Gasteiger charge is -2.49. The smallest absolute Gasteiger partial charge is 0.352 e. The van der Waals surface area contributed by atoms with Crippen LogP contribution in [0.15, 0.2) is 16.4 Å². The van der Waals surface area contributed by atoms with Gasteiger partial charge in [0.25, 0.3) is 11.8 Å². The fourth-order valence-electron chi connectivity index (χ4n) is 4.12. The van der Waals surface area contributed by atoms with Crippen LogP contribution in [0.2, 0.25) is 0 Å². The van der Waals surface area contributed by atoms with Crippen molar-refractivity contribution < 1.29 is 34.2 Å². The molecule has 5 N–H and O–H groups in total. The maximum absolute atomic E-state index is 13.1. The minimum atomic E-state index is -1.76. The number of nitrogens with two attached hydrogens (primary N) is 1. The number of hydrogen-bond acceptors (Lipinski definition) is 12. The first-order valence-electron chi connectivity index (χ1n) is 11.5. The lowest BCUT2D eigenvalue weighted by Crippen LogP contribution is -2.71. The summed E-state index contributed by atoms with van der Waals surface area (Å²) in [6, 6.07) is -1.03. The zero-order valence-electron chi connectivity index (χ0n) is 20.2. The Balaban J connectivity index is 1.52. The maximum atomic E-state index is 13.1. The molecule has 0 aromatic carbocycles. The van der Waals surface area contributed by atoms with Gasteiger partial charge in [0.1, 0.15) is 17.1 Å². The van der Waals surface area contributed by atoms with Gasteiger partial charge in [0, 0.05) is 23.8 Å². The highest BCUT2D eigenvalue weighted by Gasteiger charge is 2.54. The molecule has 14 nitrogen and oxygen atoms in total. The van der Waals surface area contributed by atoms with Crippen LogP contribution in [0.25, 0.3) is 0 Å². The van der Waals surface area contributed by atoms with Crippen molar-refractivity contribution in [2.45, 2.75) is 50.1 Å². The number of rotatable bonds is 9. The van der Waals surface area contributed by atoms with Gasteiger partial charge >= 0.3 is 11.9 Å². The van der Waals surface area contributed by atoms with Gasteiger partial charge in [-0.3, -0.25) is 19.4 Å². The minimum absolute atomic E-state index is 0.0409. The van der Waals surface area contributed by atoms with Crippen molar-refractivity contribution in [2.24, 2.45) is 5.16 Å². The van der Waals surface area contributed by atoms with Crippen LogP contribution in [0.1, 0.15) is 38.9 Å². The van der Waals surface area contributed by atoms with E-state index in [1.165, 1.54) is 30.5 Å². The molecule has 16 heteroatoms. The zero-order chi connectivity index (χ0) is 26.9. The molecular weight excluding hydrogens is 526 g/mol. The number of nitrogens with zero attached hydrogens (tertiary/aromatic N) is 5. The second-order valence-corrected chi connectivity index (χ2v) is 11.1. The predicted molar refractivity (Wildman–Crippen MR) is 134 cm³/mol. The summed E-state index contributed by atoms with van der Waals surface area (Å²) in [6.07, 6.45) is 3.26. The Bertz CT molecular complexity index is 1180. The summed E-state index contributed by atoms with van der Waals surface area (Å²) in [6.45, 7) is 4.73. The number of likely N-dealkylation sites (tertiary alicyclic amines) is 1. The Hall–Kier alpha value is -3.24.